The second kappa shape index (κ2) is 6.26. The van der Waals surface area contributed by atoms with Crippen LogP contribution in [-0.2, 0) is 4.79 Å². The van der Waals surface area contributed by atoms with E-state index in [0.717, 1.165) is 0 Å². The van der Waals surface area contributed by atoms with E-state index in [4.69, 9.17) is 16.7 Å². The van der Waals surface area contributed by atoms with Gasteiger partial charge in [0.25, 0.3) is 5.91 Å². The lowest BCUT2D eigenvalue weighted by Gasteiger charge is -2.20. The molecule has 0 aliphatic carbocycles. The van der Waals surface area contributed by atoms with Gasteiger partial charge in [-0.05, 0) is 25.1 Å². The van der Waals surface area contributed by atoms with Gasteiger partial charge in [0.15, 0.2) is 0 Å². The van der Waals surface area contributed by atoms with Gasteiger partial charge in [0.2, 0.25) is 0 Å². The fraction of sp³-hybridized carbons (Fsp3) is 0.333. The molecule has 0 unspecified atom stereocenters. The molecule has 0 saturated carbocycles. The molecule has 0 aliphatic heterocycles. The number of amides is 1. The van der Waals surface area contributed by atoms with Crippen molar-refractivity contribution in [3.8, 4) is 5.75 Å². The number of phenolic OH excluding ortho intramolecular Hbond substituents is 1. The number of rotatable bonds is 5. The van der Waals surface area contributed by atoms with Crippen molar-refractivity contribution in [1.82, 2.24) is 4.90 Å². The Kier molecular flexibility index (Phi) is 4.97. The van der Waals surface area contributed by atoms with Gasteiger partial charge in [-0.15, -0.1) is 0 Å². The molecule has 98 valence electrons. The first-order chi connectivity index (χ1) is 8.45. The summed E-state index contributed by atoms with van der Waals surface area (Å²) >= 11 is 5.88. The minimum absolute atomic E-state index is 0.0583. The Labute approximate surface area is 110 Å². The van der Waals surface area contributed by atoms with Crippen LogP contribution in [0.15, 0.2) is 18.2 Å². The fourth-order valence-corrected chi connectivity index (χ4v) is 1.68. The van der Waals surface area contributed by atoms with Gasteiger partial charge in [-0.25, -0.2) is 0 Å². The van der Waals surface area contributed by atoms with Crippen LogP contribution in [0.1, 0.15) is 23.7 Å². The Bertz CT molecular complexity index is 461. The predicted molar refractivity (Wildman–Crippen MR) is 66.9 cm³/mol. The van der Waals surface area contributed by atoms with Crippen LogP contribution < -0.4 is 0 Å². The average molecular weight is 272 g/mol. The van der Waals surface area contributed by atoms with E-state index in [1.54, 1.807) is 6.92 Å². The topological polar surface area (TPSA) is 77.8 Å². The number of carbonyl (C=O) groups is 2. The third-order valence-electron chi connectivity index (χ3n) is 2.44. The molecule has 0 bridgehead atoms. The minimum Gasteiger partial charge on any atom is -0.508 e. The molecule has 5 nitrogen and oxygen atoms in total. The summed E-state index contributed by atoms with van der Waals surface area (Å²) in [4.78, 5) is 24.0. The molecule has 18 heavy (non-hydrogen) atoms. The lowest BCUT2D eigenvalue weighted by atomic mass is 10.2. The molecule has 1 amide bonds. The van der Waals surface area contributed by atoms with Gasteiger partial charge in [-0.3, -0.25) is 9.59 Å². The van der Waals surface area contributed by atoms with E-state index in [1.165, 1.54) is 23.1 Å². The number of benzene rings is 1. The number of aliphatic carboxylic acids is 1. The van der Waals surface area contributed by atoms with Crippen LogP contribution in [0.4, 0.5) is 0 Å². The highest BCUT2D eigenvalue weighted by Gasteiger charge is 2.18. The van der Waals surface area contributed by atoms with E-state index in [1.807, 2.05) is 0 Å². The number of nitrogens with zero attached hydrogens (tertiary/aromatic N) is 1. The third kappa shape index (κ3) is 3.63. The highest BCUT2D eigenvalue weighted by molar-refractivity contribution is 6.33. The van der Waals surface area contributed by atoms with Gasteiger partial charge in [-0.2, -0.15) is 0 Å². The van der Waals surface area contributed by atoms with E-state index >= 15 is 0 Å². The van der Waals surface area contributed by atoms with Crippen molar-refractivity contribution in [1.29, 1.82) is 0 Å². The molecule has 0 aromatic heterocycles. The maximum Gasteiger partial charge on any atom is 0.305 e. The van der Waals surface area contributed by atoms with Crippen LogP contribution in [0.3, 0.4) is 0 Å². The van der Waals surface area contributed by atoms with Crippen molar-refractivity contribution in [2.45, 2.75) is 13.3 Å². The van der Waals surface area contributed by atoms with Crippen molar-refractivity contribution >= 4 is 23.5 Å². The summed E-state index contributed by atoms with van der Waals surface area (Å²) in [6.07, 6.45) is -0.129. The maximum atomic E-state index is 12.1. The Morgan fingerprint density at radius 2 is 2.06 bits per heavy atom. The molecule has 1 aromatic rings. The third-order valence-corrected chi connectivity index (χ3v) is 2.77. The van der Waals surface area contributed by atoms with Crippen molar-refractivity contribution in [2.75, 3.05) is 13.1 Å². The Hall–Kier alpha value is -1.75. The number of carboxylic acids is 1. The highest BCUT2D eigenvalue weighted by atomic mass is 35.5. The molecular formula is C12H14ClNO4. The van der Waals surface area contributed by atoms with Gasteiger partial charge < -0.3 is 15.1 Å². The molecule has 0 saturated heterocycles. The summed E-state index contributed by atoms with van der Waals surface area (Å²) < 4.78 is 0. The largest absolute Gasteiger partial charge is 0.508 e. The first-order valence-corrected chi connectivity index (χ1v) is 5.83. The van der Waals surface area contributed by atoms with E-state index in [9.17, 15) is 14.7 Å². The molecule has 6 heteroatoms. The first-order valence-electron chi connectivity index (χ1n) is 5.45. The Morgan fingerprint density at radius 3 is 2.61 bits per heavy atom. The summed E-state index contributed by atoms with van der Waals surface area (Å²) in [6.45, 7) is 2.23. The number of hydrogen-bond acceptors (Lipinski definition) is 3. The zero-order valence-corrected chi connectivity index (χ0v) is 10.6. The standard InChI is InChI=1S/C12H14ClNO4/c1-2-14(6-5-11(16)17)12(18)9-7-8(15)3-4-10(9)13/h3-4,7,15H,2,5-6H2,1H3,(H,16,17). The summed E-state index contributed by atoms with van der Waals surface area (Å²) in [6, 6.07) is 4.08. The number of aromatic hydroxyl groups is 1. The number of carbonyl (C=O) groups excluding carboxylic acids is 1. The second-order valence-electron chi connectivity index (χ2n) is 3.69. The van der Waals surface area contributed by atoms with Crippen molar-refractivity contribution in [3.05, 3.63) is 28.8 Å². The van der Waals surface area contributed by atoms with Crippen LogP contribution in [0, 0.1) is 0 Å². The van der Waals surface area contributed by atoms with Crippen LogP contribution >= 0.6 is 11.6 Å². The molecule has 0 heterocycles. The van der Waals surface area contributed by atoms with E-state index in [0.29, 0.717) is 6.54 Å². The van der Waals surface area contributed by atoms with Crippen molar-refractivity contribution in [2.24, 2.45) is 0 Å². The minimum atomic E-state index is -0.969. The summed E-state index contributed by atoms with van der Waals surface area (Å²) in [5.41, 5.74) is 0.170. The molecule has 0 spiro atoms. The zero-order valence-electron chi connectivity index (χ0n) is 9.89. The van der Waals surface area contributed by atoms with Crippen LogP contribution in [0.2, 0.25) is 5.02 Å². The maximum absolute atomic E-state index is 12.1. The summed E-state index contributed by atoms with van der Waals surface area (Å²) in [7, 11) is 0. The average Bonchev–Trinajstić information content (AvgIpc) is 2.32. The molecule has 0 radical (unpaired) electrons. The smallest absolute Gasteiger partial charge is 0.305 e. The summed E-state index contributed by atoms with van der Waals surface area (Å²) in [5.74, 6) is -1.42. The quantitative estimate of drug-likeness (QED) is 0.858. The van der Waals surface area contributed by atoms with Gasteiger partial charge in [-0.1, -0.05) is 11.6 Å². The first kappa shape index (κ1) is 14.3. The lowest BCUT2D eigenvalue weighted by Crippen LogP contribution is -2.33. The summed E-state index contributed by atoms with van der Waals surface area (Å²) in [5, 5.41) is 18.2. The van der Waals surface area contributed by atoms with Crippen molar-refractivity contribution in [3.63, 3.8) is 0 Å². The van der Waals surface area contributed by atoms with Crippen LogP contribution in [0.25, 0.3) is 0 Å². The van der Waals surface area contributed by atoms with Gasteiger partial charge in [0.05, 0.1) is 17.0 Å². The number of phenols is 1. The highest BCUT2D eigenvalue weighted by Crippen LogP contribution is 2.22. The number of halogens is 1. The van der Waals surface area contributed by atoms with E-state index in [2.05, 4.69) is 0 Å². The van der Waals surface area contributed by atoms with E-state index in [-0.39, 0.29) is 35.2 Å². The SMILES string of the molecule is CCN(CCC(=O)O)C(=O)c1cc(O)ccc1Cl. The predicted octanol–water partition coefficient (Wildman–Crippen LogP) is 1.98. The molecule has 1 rings (SSSR count). The number of carboxylic acid groups (broad SMARTS) is 1. The Balaban J connectivity index is 2.89. The molecule has 0 aliphatic rings. The van der Waals surface area contributed by atoms with Gasteiger partial charge in [0.1, 0.15) is 5.75 Å². The van der Waals surface area contributed by atoms with E-state index < -0.39 is 5.97 Å². The normalized spacial score (nSPS) is 10.1. The number of hydrogen-bond donors (Lipinski definition) is 2. The molecule has 1 aromatic carbocycles. The molecule has 2 N–H and O–H groups in total. The van der Waals surface area contributed by atoms with Gasteiger partial charge in [0, 0.05) is 13.1 Å². The lowest BCUT2D eigenvalue weighted by molar-refractivity contribution is -0.137. The fourth-order valence-electron chi connectivity index (χ4n) is 1.48. The molecular weight excluding hydrogens is 258 g/mol. The second-order valence-corrected chi connectivity index (χ2v) is 4.10. The van der Waals surface area contributed by atoms with Gasteiger partial charge >= 0.3 is 5.97 Å². The molecule has 0 atom stereocenters. The monoisotopic (exact) mass is 271 g/mol. The van der Waals surface area contributed by atoms with Crippen LogP contribution in [-0.4, -0.2) is 40.1 Å². The Morgan fingerprint density at radius 1 is 1.39 bits per heavy atom. The van der Waals surface area contributed by atoms with Crippen LogP contribution in [0.5, 0.6) is 5.75 Å². The molecule has 0 fully saturated rings. The zero-order chi connectivity index (χ0) is 13.7. The van der Waals surface area contributed by atoms with Crippen molar-refractivity contribution < 1.29 is 19.8 Å².